The third-order valence-electron chi connectivity index (χ3n) is 4.00. The predicted molar refractivity (Wildman–Crippen MR) is 80.3 cm³/mol. The van der Waals surface area contributed by atoms with Crippen LogP contribution in [0.4, 0.5) is 4.39 Å². The number of benzene rings is 1. The number of rotatable bonds is 2. The molecule has 1 aromatic heterocycles. The summed E-state index contributed by atoms with van der Waals surface area (Å²) in [6, 6.07) is 3.24. The number of carbonyl (C=O) groups is 1. The molecule has 1 unspecified atom stereocenters. The Balaban J connectivity index is 1.82. The van der Waals surface area contributed by atoms with Gasteiger partial charge in [0.05, 0.1) is 22.8 Å². The Morgan fingerprint density at radius 2 is 2.27 bits per heavy atom. The number of piperidine rings is 1. The predicted octanol–water partition coefficient (Wildman–Crippen LogP) is 2.86. The second-order valence-corrected chi connectivity index (χ2v) is 5.87. The van der Waals surface area contributed by atoms with Gasteiger partial charge in [-0.2, -0.15) is 0 Å². The number of likely N-dealkylation sites (tertiary alicyclic amines) is 1. The molecule has 2 aromatic rings. The summed E-state index contributed by atoms with van der Waals surface area (Å²) in [5.74, 6) is -0.973. The van der Waals surface area contributed by atoms with Gasteiger partial charge < -0.3 is 4.90 Å². The number of halogens is 2. The van der Waals surface area contributed by atoms with Crippen LogP contribution in [0.5, 0.6) is 0 Å². The number of amides is 1. The normalized spacial score (nSPS) is 18.5. The number of hydrogen-bond donors (Lipinski definition) is 0. The Morgan fingerprint density at radius 1 is 1.45 bits per heavy atom. The van der Waals surface area contributed by atoms with Crippen molar-refractivity contribution in [1.82, 2.24) is 19.9 Å². The second-order valence-electron chi connectivity index (χ2n) is 5.49. The minimum absolute atomic E-state index is 0.00989. The van der Waals surface area contributed by atoms with Gasteiger partial charge >= 0.3 is 0 Å². The zero-order valence-electron chi connectivity index (χ0n) is 12.2. The van der Waals surface area contributed by atoms with Gasteiger partial charge in [-0.3, -0.25) is 4.79 Å². The smallest absolute Gasteiger partial charge is 0.256 e. The van der Waals surface area contributed by atoms with Crippen molar-refractivity contribution in [2.45, 2.75) is 25.8 Å². The van der Waals surface area contributed by atoms with Crippen molar-refractivity contribution in [2.75, 3.05) is 13.1 Å². The summed E-state index contributed by atoms with van der Waals surface area (Å²) >= 11 is 5.91. The van der Waals surface area contributed by atoms with Crippen molar-refractivity contribution >= 4 is 17.5 Å². The van der Waals surface area contributed by atoms with Crippen LogP contribution >= 0.6 is 11.6 Å². The van der Waals surface area contributed by atoms with Gasteiger partial charge in [-0.1, -0.05) is 22.9 Å². The minimum Gasteiger partial charge on any atom is -0.336 e. The molecule has 0 aliphatic carbocycles. The molecule has 0 spiro atoms. The van der Waals surface area contributed by atoms with E-state index in [0.717, 1.165) is 12.8 Å². The Hall–Kier alpha value is -1.95. The SMILES string of the molecule is Cc1ccc(C(=O)N2CCCC(n3ccnn3)C2)c(F)c1Cl. The summed E-state index contributed by atoms with van der Waals surface area (Å²) in [5, 5.41) is 7.79. The number of aromatic nitrogens is 3. The first-order chi connectivity index (χ1) is 10.6. The molecule has 0 bridgehead atoms. The number of carbonyl (C=O) groups excluding carboxylic acids is 1. The van der Waals surface area contributed by atoms with Crippen molar-refractivity contribution in [3.8, 4) is 0 Å². The van der Waals surface area contributed by atoms with Crippen LogP contribution in [0.15, 0.2) is 24.5 Å². The lowest BCUT2D eigenvalue weighted by atomic mass is 10.0. The molecule has 0 saturated carbocycles. The van der Waals surface area contributed by atoms with Gasteiger partial charge in [-0.25, -0.2) is 9.07 Å². The maximum atomic E-state index is 14.2. The van der Waals surface area contributed by atoms with E-state index in [-0.39, 0.29) is 22.5 Å². The topological polar surface area (TPSA) is 51.0 Å². The van der Waals surface area contributed by atoms with E-state index in [1.807, 2.05) is 0 Å². The highest BCUT2D eigenvalue weighted by Crippen LogP contribution is 2.26. The van der Waals surface area contributed by atoms with Crippen LogP contribution in [0, 0.1) is 12.7 Å². The van der Waals surface area contributed by atoms with E-state index < -0.39 is 5.82 Å². The van der Waals surface area contributed by atoms with Crippen LogP contribution in [-0.4, -0.2) is 38.9 Å². The molecule has 1 atom stereocenters. The molecule has 1 amide bonds. The Bertz CT molecular complexity index is 689. The average Bonchev–Trinajstić information content (AvgIpc) is 3.07. The van der Waals surface area contributed by atoms with Gasteiger partial charge in [-0.15, -0.1) is 5.10 Å². The summed E-state index contributed by atoms with van der Waals surface area (Å²) in [6.07, 6.45) is 5.16. The number of aryl methyl sites for hydroxylation is 1. The molecule has 0 radical (unpaired) electrons. The van der Waals surface area contributed by atoms with Crippen LogP contribution in [0.25, 0.3) is 0 Å². The van der Waals surface area contributed by atoms with E-state index in [1.165, 1.54) is 6.07 Å². The fourth-order valence-electron chi connectivity index (χ4n) is 2.75. The fraction of sp³-hybridized carbons (Fsp3) is 0.400. The van der Waals surface area contributed by atoms with Gasteiger partial charge in [0.1, 0.15) is 0 Å². The van der Waals surface area contributed by atoms with Crippen LogP contribution in [0.3, 0.4) is 0 Å². The van der Waals surface area contributed by atoms with Crippen molar-refractivity contribution in [2.24, 2.45) is 0 Å². The highest BCUT2D eigenvalue weighted by atomic mass is 35.5. The van der Waals surface area contributed by atoms with Gasteiger partial charge in [0, 0.05) is 19.3 Å². The van der Waals surface area contributed by atoms with Gasteiger partial charge in [-0.05, 0) is 31.4 Å². The molecular weight excluding hydrogens is 307 g/mol. The van der Waals surface area contributed by atoms with Crippen molar-refractivity contribution < 1.29 is 9.18 Å². The van der Waals surface area contributed by atoms with Crippen LogP contribution in [-0.2, 0) is 0 Å². The lowest BCUT2D eigenvalue weighted by molar-refractivity contribution is 0.0667. The number of nitrogens with zero attached hydrogens (tertiary/aromatic N) is 4. The minimum atomic E-state index is -0.644. The summed E-state index contributed by atoms with van der Waals surface area (Å²) in [6.45, 7) is 2.81. The maximum absolute atomic E-state index is 14.2. The molecule has 1 saturated heterocycles. The van der Waals surface area contributed by atoms with E-state index >= 15 is 0 Å². The zero-order valence-corrected chi connectivity index (χ0v) is 12.9. The van der Waals surface area contributed by atoms with E-state index in [2.05, 4.69) is 10.3 Å². The Morgan fingerprint density at radius 3 is 3.00 bits per heavy atom. The maximum Gasteiger partial charge on any atom is 0.256 e. The zero-order chi connectivity index (χ0) is 15.7. The number of hydrogen-bond acceptors (Lipinski definition) is 3. The molecule has 5 nitrogen and oxygen atoms in total. The Kier molecular flexibility index (Phi) is 4.11. The van der Waals surface area contributed by atoms with Gasteiger partial charge in [0.15, 0.2) is 5.82 Å². The molecule has 1 fully saturated rings. The molecule has 3 rings (SSSR count). The second kappa shape index (κ2) is 6.04. The molecule has 0 N–H and O–H groups in total. The summed E-state index contributed by atoms with van der Waals surface area (Å²) in [4.78, 5) is 14.2. The lowest BCUT2D eigenvalue weighted by Gasteiger charge is -2.32. The highest BCUT2D eigenvalue weighted by Gasteiger charge is 2.28. The van der Waals surface area contributed by atoms with Crippen LogP contribution in [0.1, 0.15) is 34.8 Å². The third kappa shape index (κ3) is 2.70. The fourth-order valence-corrected chi connectivity index (χ4v) is 2.91. The first kappa shape index (κ1) is 15.0. The average molecular weight is 323 g/mol. The summed E-state index contributed by atoms with van der Waals surface area (Å²) < 4.78 is 16.0. The third-order valence-corrected chi connectivity index (χ3v) is 4.47. The van der Waals surface area contributed by atoms with Crippen LogP contribution in [0.2, 0.25) is 5.02 Å². The van der Waals surface area contributed by atoms with E-state index in [1.54, 1.807) is 35.0 Å². The van der Waals surface area contributed by atoms with Crippen LogP contribution < -0.4 is 0 Å². The first-order valence-electron chi connectivity index (χ1n) is 7.17. The molecule has 1 aromatic carbocycles. The molecule has 1 aliphatic rings. The van der Waals surface area contributed by atoms with Crippen molar-refractivity contribution in [1.29, 1.82) is 0 Å². The monoisotopic (exact) mass is 322 g/mol. The largest absolute Gasteiger partial charge is 0.336 e. The molecule has 22 heavy (non-hydrogen) atoms. The Labute approximate surface area is 132 Å². The molecule has 2 heterocycles. The van der Waals surface area contributed by atoms with Gasteiger partial charge in [0.2, 0.25) is 0 Å². The summed E-state index contributed by atoms with van der Waals surface area (Å²) in [7, 11) is 0. The molecule has 1 aliphatic heterocycles. The molecule has 116 valence electrons. The quantitative estimate of drug-likeness (QED) is 0.854. The van der Waals surface area contributed by atoms with E-state index in [4.69, 9.17) is 11.6 Å². The highest BCUT2D eigenvalue weighted by molar-refractivity contribution is 6.31. The summed E-state index contributed by atoms with van der Waals surface area (Å²) in [5.41, 5.74) is 0.643. The van der Waals surface area contributed by atoms with E-state index in [9.17, 15) is 9.18 Å². The first-order valence-corrected chi connectivity index (χ1v) is 7.55. The van der Waals surface area contributed by atoms with Crippen molar-refractivity contribution in [3.63, 3.8) is 0 Å². The van der Waals surface area contributed by atoms with Crippen molar-refractivity contribution in [3.05, 3.63) is 46.5 Å². The molecular formula is C15H16ClFN4O. The van der Waals surface area contributed by atoms with Gasteiger partial charge in [0.25, 0.3) is 5.91 Å². The standard InChI is InChI=1S/C15H16ClFN4O/c1-10-4-5-12(14(17)13(10)16)15(22)20-7-2-3-11(9-20)21-8-6-18-19-21/h4-6,8,11H,2-3,7,9H2,1H3. The van der Waals surface area contributed by atoms with E-state index in [0.29, 0.717) is 18.7 Å². The molecule has 7 heteroatoms. The lowest BCUT2D eigenvalue weighted by Crippen LogP contribution is -2.41.